The first-order chi connectivity index (χ1) is 13.5. The van der Waals surface area contributed by atoms with E-state index in [0.717, 1.165) is 0 Å². The summed E-state index contributed by atoms with van der Waals surface area (Å²) in [6, 6.07) is 4.41. The first kappa shape index (κ1) is 19.8. The predicted molar refractivity (Wildman–Crippen MR) is 100 cm³/mol. The third-order valence-corrected chi connectivity index (χ3v) is 6.42. The molecule has 3 heterocycles. The average Bonchev–Trinajstić information content (AvgIpc) is 3.18. The summed E-state index contributed by atoms with van der Waals surface area (Å²) in [5.41, 5.74) is -1.01. The van der Waals surface area contributed by atoms with Crippen molar-refractivity contribution in [3.8, 4) is 0 Å². The number of rotatable bonds is 3. The number of quaternary nitrogens is 1. The topological polar surface area (TPSA) is 123 Å². The number of hydrogen-bond donors (Lipinski definition) is 2. The molecular formula is C20H22ClN3O5. The number of anilines is 1. The second-order valence-electron chi connectivity index (χ2n) is 8.94. The molecule has 1 aromatic carbocycles. The summed E-state index contributed by atoms with van der Waals surface area (Å²) in [5.74, 6) is -4.13. The molecule has 154 valence electrons. The molecule has 0 aliphatic carbocycles. The van der Waals surface area contributed by atoms with Gasteiger partial charge in [-0.05, 0) is 45.4 Å². The number of carbonyl (C=O) groups is 4. The number of hydrogen-bond acceptors (Lipinski definition) is 5. The number of halogens is 1. The van der Waals surface area contributed by atoms with Crippen LogP contribution >= 0.6 is 11.6 Å². The van der Waals surface area contributed by atoms with Gasteiger partial charge < -0.3 is 20.5 Å². The molecule has 0 unspecified atom stereocenters. The number of amides is 3. The van der Waals surface area contributed by atoms with E-state index in [0.29, 0.717) is 16.3 Å². The zero-order valence-electron chi connectivity index (χ0n) is 16.3. The first-order valence-corrected chi connectivity index (χ1v) is 9.91. The van der Waals surface area contributed by atoms with Crippen molar-refractivity contribution >= 4 is 41.0 Å². The van der Waals surface area contributed by atoms with Gasteiger partial charge in [0.15, 0.2) is 0 Å². The lowest BCUT2D eigenvalue weighted by Gasteiger charge is -2.33. The molecule has 4 rings (SSSR count). The standard InChI is InChI=1S/C20H22ClN3O5/c1-19(2,3)24-16(27)14-12(6-7-13(25)26)23-20(15(14)17(24)28)10-8-9(21)4-5-11(10)22-18(20)29/h4-5,8,12,14-15,23H,6-7H2,1-3H3,(H,22,29)(H,25,26)/t12-,14-,15+,20+/m1/s1. The van der Waals surface area contributed by atoms with Crippen molar-refractivity contribution in [1.82, 2.24) is 4.90 Å². The lowest BCUT2D eigenvalue weighted by atomic mass is 9.76. The normalized spacial score (nSPS) is 30.7. The number of imide groups is 1. The largest absolute Gasteiger partial charge is 0.550 e. The zero-order chi connectivity index (χ0) is 21.3. The highest BCUT2D eigenvalue weighted by Gasteiger charge is 2.74. The summed E-state index contributed by atoms with van der Waals surface area (Å²) >= 11 is 6.18. The Morgan fingerprint density at radius 1 is 1.28 bits per heavy atom. The lowest BCUT2D eigenvalue weighted by Crippen LogP contribution is -2.99. The Hall–Kier alpha value is -2.45. The summed E-state index contributed by atoms with van der Waals surface area (Å²) in [6.45, 7) is 5.28. The van der Waals surface area contributed by atoms with Crippen LogP contribution in [0.5, 0.6) is 0 Å². The second-order valence-corrected chi connectivity index (χ2v) is 9.38. The van der Waals surface area contributed by atoms with Gasteiger partial charge in [-0.15, -0.1) is 0 Å². The number of carbonyl (C=O) groups excluding carboxylic acids is 4. The van der Waals surface area contributed by atoms with Crippen molar-refractivity contribution in [3.05, 3.63) is 28.8 Å². The van der Waals surface area contributed by atoms with Crippen LogP contribution < -0.4 is 15.7 Å². The number of nitrogens with zero attached hydrogens (tertiary/aromatic N) is 1. The molecule has 0 radical (unpaired) electrons. The van der Waals surface area contributed by atoms with E-state index in [1.165, 1.54) is 4.90 Å². The number of fused-ring (bicyclic) bond motifs is 4. The number of nitrogens with two attached hydrogens (primary N) is 1. The quantitative estimate of drug-likeness (QED) is 0.631. The molecule has 0 bridgehead atoms. The highest BCUT2D eigenvalue weighted by molar-refractivity contribution is 6.31. The van der Waals surface area contributed by atoms with E-state index in [1.54, 1.807) is 44.3 Å². The monoisotopic (exact) mass is 419 g/mol. The van der Waals surface area contributed by atoms with Gasteiger partial charge in [-0.25, -0.2) is 0 Å². The van der Waals surface area contributed by atoms with E-state index in [2.05, 4.69) is 5.32 Å². The van der Waals surface area contributed by atoms with Crippen molar-refractivity contribution in [2.24, 2.45) is 11.8 Å². The summed E-state index contributed by atoms with van der Waals surface area (Å²) in [7, 11) is 0. The van der Waals surface area contributed by atoms with Crippen molar-refractivity contribution in [2.75, 3.05) is 5.32 Å². The maximum atomic E-state index is 13.5. The summed E-state index contributed by atoms with van der Waals surface area (Å²) < 4.78 is 0. The van der Waals surface area contributed by atoms with E-state index in [1.807, 2.05) is 0 Å². The van der Waals surface area contributed by atoms with E-state index < -0.39 is 46.7 Å². The number of benzene rings is 1. The molecule has 0 saturated carbocycles. The molecule has 9 heteroatoms. The molecule has 1 spiro atoms. The third-order valence-electron chi connectivity index (χ3n) is 6.18. The van der Waals surface area contributed by atoms with E-state index in [4.69, 9.17) is 11.6 Å². The minimum atomic E-state index is -1.35. The molecule has 3 N–H and O–H groups in total. The predicted octanol–water partition coefficient (Wildman–Crippen LogP) is -0.637. The second kappa shape index (κ2) is 6.27. The molecule has 3 amide bonds. The highest BCUT2D eigenvalue weighted by atomic mass is 35.5. The smallest absolute Gasteiger partial charge is 0.291 e. The van der Waals surface area contributed by atoms with Crippen LogP contribution in [0.1, 0.15) is 39.2 Å². The third kappa shape index (κ3) is 2.69. The van der Waals surface area contributed by atoms with Gasteiger partial charge in [-0.1, -0.05) is 11.6 Å². The molecule has 29 heavy (non-hydrogen) atoms. The fraction of sp³-hybridized carbons (Fsp3) is 0.500. The molecule has 1 aromatic rings. The van der Waals surface area contributed by atoms with Gasteiger partial charge in [0, 0.05) is 28.5 Å². The maximum Gasteiger partial charge on any atom is 0.291 e. The van der Waals surface area contributed by atoms with Crippen LogP contribution in [0.3, 0.4) is 0 Å². The van der Waals surface area contributed by atoms with Crippen molar-refractivity contribution in [1.29, 1.82) is 0 Å². The Labute approximate surface area is 172 Å². The summed E-state index contributed by atoms with van der Waals surface area (Å²) in [5, 5.41) is 16.0. The van der Waals surface area contributed by atoms with Crippen LogP contribution in [0.2, 0.25) is 5.02 Å². The Morgan fingerprint density at radius 3 is 2.59 bits per heavy atom. The van der Waals surface area contributed by atoms with Crippen LogP contribution in [0.15, 0.2) is 18.2 Å². The van der Waals surface area contributed by atoms with Crippen LogP contribution in [0, 0.1) is 11.8 Å². The van der Waals surface area contributed by atoms with Gasteiger partial charge in [0.2, 0.25) is 17.4 Å². The SMILES string of the molecule is CC(C)(C)N1C(=O)[C@H]2[C@@H](C1=O)[C@]1([NH2+][C@@H]2CCC(=O)[O-])C(=O)Nc2ccc(Cl)cc21. The molecule has 2 saturated heterocycles. The summed E-state index contributed by atoms with van der Waals surface area (Å²) in [6.07, 6.45) is -0.146. The molecule has 0 aromatic heterocycles. The lowest BCUT2D eigenvalue weighted by molar-refractivity contribution is -0.734. The molecular weight excluding hydrogens is 398 g/mol. The Bertz CT molecular complexity index is 956. The Morgan fingerprint density at radius 2 is 1.97 bits per heavy atom. The maximum absolute atomic E-state index is 13.5. The van der Waals surface area contributed by atoms with Crippen molar-refractivity contribution in [2.45, 2.75) is 50.7 Å². The van der Waals surface area contributed by atoms with Crippen LogP contribution in [-0.4, -0.2) is 40.2 Å². The zero-order valence-corrected chi connectivity index (χ0v) is 17.1. The number of aliphatic carboxylic acids is 1. The van der Waals surface area contributed by atoms with Gasteiger partial charge in [0.25, 0.3) is 5.91 Å². The Balaban J connectivity index is 1.88. The minimum absolute atomic E-state index is 0.116. The van der Waals surface area contributed by atoms with Crippen molar-refractivity contribution in [3.63, 3.8) is 0 Å². The van der Waals surface area contributed by atoms with E-state index >= 15 is 0 Å². The van der Waals surface area contributed by atoms with Gasteiger partial charge in [-0.2, -0.15) is 0 Å². The summed E-state index contributed by atoms with van der Waals surface area (Å²) in [4.78, 5) is 52.2. The number of carboxylic acid groups (broad SMARTS) is 1. The average molecular weight is 420 g/mol. The molecule has 3 aliphatic rings. The molecule has 3 aliphatic heterocycles. The molecule has 2 fully saturated rings. The fourth-order valence-corrected chi connectivity index (χ4v) is 5.32. The first-order valence-electron chi connectivity index (χ1n) is 9.53. The van der Waals surface area contributed by atoms with E-state index in [-0.39, 0.29) is 18.7 Å². The van der Waals surface area contributed by atoms with Gasteiger partial charge in [-0.3, -0.25) is 19.3 Å². The number of likely N-dealkylation sites (tertiary alicyclic amines) is 1. The minimum Gasteiger partial charge on any atom is -0.550 e. The van der Waals surface area contributed by atoms with Crippen molar-refractivity contribution < 1.29 is 29.6 Å². The van der Waals surface area contributed by atoms with Crippen LogP contribution in [0.4, 0.5) is 5.69 Å². The molecule has 8 nitrogen and oxygen atoms in total. The van der Waals surface area contributed by atoms with Gasteiger partial charge in [0.05, 0.1) is 5.69 Å². The van der Waals surface area contributed by atoms with Crippen LogP contribution in [0.25, 0.3) is 0 Å². The fourth-order valence-electron chi connectivity index (χ4n) is 5.14. The highest BCUT2D eigenvalue weighted by Crippen LogP contribution is 2.51. The number of nitrogens with one attached hydrogen (secondary N) is 1. The van der Waals surface area contributed by atoms with E-state index in [9.17, 15) is 24.3 Å². The van der Waals surface area contributed by atoms with Gasteiger partial charge in [0.1, 0.15) is 17.9 Å². The van der Waals surface area contributed by atoms with Crippen LogP contribution in [-0.2, 0) is 24.7 Å². The van der Waals surface area contributed by atoms with Gasteiger partial charge >= 0.3 is 0 Å². The number of carboxylic acids is 1. The Kier molecular flexibility index (Phi) is 4.29. The molecule has 4 atom stereocenters.